The lowest BCUT2D eigenvalue weighted by molar-refractivity contribution is 0.0955. The number of ether oxygens (including phenoxy) is 1. The Morgan fingerprint density at radius 3 is 2.57 bits per heavy atom. The summed E-state index contributed by atoms with van der Waals surface area (Å²) in [5.74, 6) is 0.252. The summed E-state index contributed by atoms with van der Waals surface area (Å²) < 4.78 is 5.03. The number of nitrogens with zero attached hydrogens (tertiary/aromatic N) is 1. The standard InChI is InChI=1S/C15H14N2O4/c1-21-13-6-7-14(19)11(8-13)9-16-17-15(20)10-2-4-12(18)5-3-10/h2-9,18-19H,1H3,(H,17,20)/b16-9-. The molecule has 0 aliphatic carbocycles. The summed E-state index contributed by atoms with van der Waals surface area (Å²) in [6.07, 6.45) is 1.32. The predicted molar refractivity (Wildman–Crippen MR) is 77.8 cm³/mol. The van der Waals surface area contributed by atoms with Crippen molar-refractivity contribution in [2.45, 2.75) is 0 Å². The van der Waals surface area contributed by atoms with Crippen LogP contribution in [0.4, 0.5) is 0 Å². The largest absolute Gasteiger partial charge is 0.508 e. The van der Waals surface area contributed by atoms with Crippen molar-refractivity contribution >= 4 is 12.1 Å². The van der Waals surface area contributed by atoms with Crippen molar-refractivity contribution in [3.63, 3.8) is 0 Å². The molecule has 0 aliphatic heterocycles. The zero-order valence-electron chi connectivity index (χ0n) is 11.3. The van der Waals surface area contributed by atoms with Crippen LogP contribution in [0.3, 0.4) is 0 Å². The van der Waals surface area contributed by atoms with E-state index in [0.717, 1.165) is 0 Å². The molecule has 0 bridgehead atoms. The molecule has 0 heterocycles. The van der Waals surface area contributed by atoms with Gasteiger partial charge in [0, 0.05) is 11.1 Å². The van der Waals surface area contributed by atoms with E-state index in [2.05, 4.69) is 10.5 Å². The summed E-state index contributed by atoms with van der Waals surface area (Å²) in [6.45, 7) is 0. The van der Waals surface area contributed by atoms with Crippen LogP contribution in [0.25, 0.3) is 0 Å². The van der Waals surface area contributed by atoms with Crippen molar-refractivity contribution in [1.82, 2.24) is 5.43 Å². The summed E-state index contributed by atoms with van der Waals surface area (Å²) >= 11 is 0. The maximum absolute atomic E-state index is 11.8. The van der Waals surface area contributed by atoms with Crippen LogP contribution >= 0.6 is 0 Å². The van der Waals surface area contributed by atoms with E-state index in [1.807, 2.05) is 0 Å². The highest BCUT2D eigenvalue weighted by atomic mass is 16.5. The zero-order chi connectivity index (χ0) is 15.2. The Hall–Kier alpha value is -3.02. The maximum atomic E-state index is 11.8. The Balaban J connectivity index is 2.05. The first-order chi connectivity index (χ1) is 10.1. The predicted octanol–water partition coefficient (Wildman–Crippen LogP) is 1.87. The average molecular weight is 286 g/mol. The number of hydrazone groups is 1. The average Bonchev–Trinajstić information content (AvgIpc) is 2.49. The highest BCUT2D eigenvalue weighted by Crippen LogP contribution is 2.20. The first-order valence-electron chi connectivity index (χ1n) is 6.09. The second-order valence-corrected chi connectivity index (χ2v) is 4.17. The summed E-state index contributed by atoms with van der Waals surface area (Å²) in [7, 11) is 1.51. The molecule has 6 heteroatoms. The van der Waals surface area contributed by atoms with E-state index in [0.29, 0.717) is 16.9 Å². The summed E-state index contributed by atoms with van der Waals surface area (Å²) in [5, 5.41) is 22.6. The fraction of sp³-hybridized carbons (Fsp3) is 0.0667. The zero-order valence-corrected chi connectivity index (χ0v) is 11.3. The van der Waals surface area contributed by atoms with Crippen molar-refractivity contribution in [3.8, 4) is 17.2 Å². The molecule has 0 aliphatic rings. The minimum absolute atomic E-state index is 0.0263. The third-order valence-corrected chi connectivity index (χ3v) is 2.73. The molecule has 0 spiro atoms. The quantitative estimate of drug-likeness (QED) is 0.591. The lowest BCUT2D eigenvalue weighted by Crippen LogP contribution is -2.17. The first-order valence-corrected chi connectivity index (χ1v) is 6.09. The van der Waals surface area contributed by atoms with Crippen LogP contribution in [0.1, 0.15) is 15.9 Å². The van der Waals surface area contributed by atoms with E-state index < -0.39 is 5.91 Å². The lowest BCUT2D eigenvalue weighted by Gasteiger charge is -2.03. The van der Waals surface area contributed by atoms with Gasteiger partial charge in [-0.2, -0.15) is 5.10 Å². The Morgan fingerprint density at radius 2 is 1.90 bits per heavy atom. The topological polar surface area (TPSA) is 91.2 Å². The second kappa shape index (κ2) is 6.42. The van der Waals surface area contributed by atoms with E-state index in [9.17, 15) is 9.90 Å². The molecule has 6 nitrogen and oxygen atoms in total. The molecular weight excluding hydrogens is 272 g/mol. The number of aromatic hydroxyl groups is 2. The van der Waals surface area contributed by atoms with Gasteiger partial charge in [-0.05, 0) is 42.5 Å². The summed E-state index contributed by atoms with van der Waals surface area (Å²) in [4.78, 5) is 11.8. The van der Waals surface area contributed by atoms with Gasteiger partial charge in [0.25, 0.3) is 5.91 Å². The van der Waals surface area contributed by atoms with Crippen molar-refractivity contribution in [2.24, 2.45) is 5.10 Å². The Bertz CT molecular complexity index is 666. The molecule has 2 aromatic carbocycles. The Morgan fingerprint density at radius 1 is 1.19 bits per heavy atom. The lowest BCUT2D eigenvalue weighted by atomic mass is 10.2. The Kier molecular flexibility index (Phi) is 4.40. The number of benzene rings is 2. The maximum Gasteiger partial charge on any atom is 0.271 e. The fourth-order valence-electron chi connectivity index (χ4n) is 1.60. The molecule has 0 fully saturated rings. The number of rotatable bonds is 4. The van der Waals surface area contributed by atoms with Gasteiger partial charge in [0.1, 0.15) is 17.2 Å². The molecule has 2 rings (SSSR count). The number of hydrogen-bond donors (Lipinski definition) is 3. The van der Waals surface area contributed by atoms with Gasteiger partial charge in [-0.25, -0.2) is 5.43 Å². The van der Waals surface area contributed by atoms with E-state index in [-0.39, 0.29) is 11.5 Å². The van der Waals surface area contributed by atoms with E-state index in [1.54, 1.807) is 12.1 Å². The number of phenolic OH excluding ortho intramolecular Hbond substituents is 2. The van der Waals surface area contributed by atoms with Gasteiger partial charge in [-0.3, -0.25) is 4.79 Å². The van der Waals surface area contributed by atoms with Crippen molar-refractivity contribution in [2.75, 3.05) is 7.11 Å². The number of methoxy groups -OCH3 is 1. The minimum atomic E-state index is -0.423. The molecule has 0 radical (unpaired) electrons. The monoisotopic (exact) mass is 286 g/mol. The van der Waals surface area contributed by atoms with Crippen molar-refractivity contribution in [1.29, 1.82) is 0 Å². The van der Waals surface area contributed by atoms with E-state index >= 15 is 0 Å². The Labute approximate surface area is 121 Å². The SMILES string of the molecule is COc1ccc(O)c(/C=N\NC(=O)c2ccc(O)cc2)c1. The number of carbonyl (C=O) groups excluding carboxylic acids is 1. The molecule has 108 valence electrons. The van der Waals surface area contributed by atoms with Crippen LogP contribution in [-0.2, 0) is 0 Å². The molecule has 2 aromatic rings. The normalized spacial score (nSPS) is 10.5. The van der Waals surface area contributed by atoms with Gasteiger partial charge in [-0.1, -0.05) is 0 Å². The molecule has 0 atom stereocenters. The second-order valence-electron chi connectivity index (χ2n) is 4.17. The molecule has 1 amide bonds. The van der Waals surface area contributed by atoms with Crippen LogP contribution < -0.4 is 10.2 Å². The van der Waals surface area contributed by atoms with Gasteiger partial charge in [0.15, 0.2) is 0 Å². The van der Waals surface area contributed by atoms with Crippen LogP contribution in [0.2, 0.25) is 0 Å². The van der Waals surface area contributed by atoms with Crippen LogP contribution in [0, 0.1) is 0 Å². The number of amides is 1. The molecule has 0 saturated heterocycles. The molecule has 0 aromatic heterocycles. The minimum Gasteiger partial charge on any atom is -0.508 e. The van der Waals surface area contributed by atoms with Crippen LogP contribution in [0.5, 0.6) is 17.2 Å². The van der Waals surface area contributed by atoms with Gasteiger partial charge in [0.05, 0.1) is 13.3 Å². The third-order valence-electron chi connectivity index (χ3n) is 2.73. The highest BCUT2D eigenvalue weighted by Gasteiger charge is 2.04. The molecule has 0 unspecified atom stereocenters. The van der Waals surface area contributed by atoms with Gasteiger partial charge in [0.2, 0.25) is 0 Å². The first kappa shape index (κ1) is 14.4. The third kappa shape index (κ3) is 3.73. The van der Waals surface area contributed by atoms with Gasteiger partial charge < -0.3 is 14.9 Å². The van der Waals surface area contributed by atoms with Gasteiger partial charge in [-0.15, -0.1) is 0 Å². The van der Waals surface area contributed by atoms with E-state index in [4.69, 9.17) is 9.84 Å². The van der Waals surface area contributed by atoms with Crippen molar-refractivity contribution < 1.29 is 19.7 Å². The fourth-order valence-corrected chi connectivity index (χ4v) is 1.60. The van der Waals surface area contributed by atoms with Crippen LogP contribution in [-0.4, -0.2) is 29.4 Å². The van der Waals surface area contributed by atoms with Crippen molar-refractivity contribution in [3.05, 3.63) is 53.6 Å². The van der Waals surface area contributed by atoms with Gasteiger partial charge >= 0.3 is 0 Å². The highest BCUT2D eigenvalue weighted by molar-refractivity contribution is 5.95. The number of carbonyl (C=O) groups is 1. The number of nitrogens with one attached hydrogen (secondary N) is 1. The van der Waals surface area contributed by atoms with Crippen LogP contribution in [0.15, 0.2) is 47.6 Å². The summed E-state index contributed by atoms with van der Waals surface area (Å²) in [5.41, 5.74) is 3.11. The summed E-state index contributed by atoms with van der Waals surface area (Å²) in [6, 6.07) is 10.4. The molecule has 21 heavy (non-hydrogen) atoms. The molecule has 0 saturated carbocycles. The number of hydrogen-bond acceptors (Lipinski definition) is 5. The molecule has 3 N–H and O–H groups in total. The van der Waals surface area contributed by atoms with E-state index in [1.165, 1.54) is 43.7 Å². The molecular formula is C15H14N2O4. The smallest absolute Gasteiger partial charge is 0.271 e. The number of phenols is 2.